The molecule has 0 aromatic carbocycles. The van der Waals surface area contributed by atoms with Crippen molar-refractivity contribution in [3.8, 4) is 0 Å². The molecule has 6 heteroatoms. The van der Waals surface area contributed by atoms with Crippen molar-refractivity contribution in [1.29, 1.82) is 0 Å². The van der Waals surface area contributed by atoms with Gasteiger partial charge in [-0.15, -0.1) is 0 Å². The zero-order chi connectivity index (χ0) is 15.6. The summed E-state index contributed by atoms with van der Waals surface area (Å²) in [5, 5.41) is 12.1. The van der Waals surface area contributed by atoms with Gasteiger partial charge in [-0.3, -0.25) is 4.79 Å². The summed E-state index contributed by atoms with van der Waals surface area (Å²) >= 11 is 0. The number of likely N-dealkylation sites (tertiary alicyclic amines) is 1. The number of carbonyl (C=O) groups excluding carboxylic acids is 1. The number of urea groups is 1. The average molecular weight is 285 g/mol. The first kappa shape index (κ1) is 16.8. The Kier molecular flexibility index (Phi) is 5.02. The van der Waals surface area contributed by atoms with Gasteiger partial charge >= 0.3 is 12.0 Å². The Morgan fingerprint density at radius 3 is 2.20 bits per heavy atom. The van der Waals surface area contributed by atoms with E-state index < -0.39 is 11.4 Å². The van der Waals surface area contributed by atoms with Crippen molar-refractivity contribution in [2.24, 2.45) is 5.41 Å². The van der Waals surface area contributed by atoms with E-state index in [0.717, 1.165) is 0 Å². The lowest BCUT2D eigenvalue weighted by molar-refractivity contribution is -0.150. The van der Waals surface area contributed by atoms with E-state index in [-0.39, 0.29) is 11.6 Å². The molecule has 2 amide bonds. The molecule has 1 aliphatic heterocycles. The number of hydrogen-bond donors (Lipinski definition) is 2. The minimum absolute atomic E-state index is 0.104. The summed E-state index contributed by atoms with van der Waals surface area (Å²) in [5.41, 5.74) is -0.805. The molecule has 0 bridgehead atoms. The second-order valence-electron chi connectivity index (χ2n) is 6.72. The average Bonchev–Trinajstić information content (AvgIpc) is 2.36. The molecule has 0 unspecified atom stereocenters. The number of amides is 2. The van der Waals surface area contributed by atoms with Crippen LogP contribution in [0.3, 0.4) is 0 Å². The molecule has 1 heterocycles. The minimum Gasteiger partial charge on any atom is -0.481 e. The lowest BCUT2D eigenvalue weighted by Crippen LogP contribution is -2.53. The highest BCUT2D eigenvalue weighted by molar-refractivity contribution is 5.77. The number of carbonyl (C=O) groups is 2. The van der Waals surface area contributed by atoms with E-state index >= 15 is 0 Å². The molecule has 0 aromatic rings. The SMILES string of the molecule is CN(C)C(C)(C)CNC(=O)N1CCC(C)(C(=O)O)CC1. The second-order valence-corrected chi connectivity index (χ2v) is 6.72. The summed E-state index contributed by atoms with van der Waals surface area (Å²) in [5.74, 6) is -0.772. The third-order valence-corrected chi connectivity index (χ3v) is 4.55. The summed E-state index contributed by atoms with van der Waals surface area (Å²) in [7, 11) is 3.96. The molecule has 6 nitrogen and oxygen atoms in total. The van der Waals surface area contributed by atoms with Crippen molar-refractivity contribution >= 4 is 12.0 Å². The fourth-order valence-corrected chi connectivity index (χ4v) is 1.98. The number of nitrogens with one attached hydrogen (secondary N) is 1. The summed E-state index contributed by atoms with van der Waals surface area (Å²) in [6.07, 6.45) is 1.01. The lowest BCUT2D eigenvalue weighted by atomic mass is 9.80. The number of hydrogen-bond acceptors (Lipinski definition) is 3. The van der Waals surface area contributed by atoms with Gasteiger partial charge in [0.2, 0.25) is 0 Å². The van der Waals surface area contributed by atoms with Crippen LogP contribution in [0, 0.1) is 5.41 Å². The predicted octanol–water partition coefficient (Wildman–Crippen LogP) is 1.22. The molecule has 1 aliphatic rings. The standard InChI is InChI=1S/C14H27N3O3/c1-13(2,16(4)5)10-15-12(20)17-8-6-14(3,7-9-17)11(18)19/h6-10H2,1-5H3,(H,15,20)(H,18,19). The van der Waals surface area contributed by atoms with Gasteiger partial charge in [0.1, 0.15) is 0 Å². The van der Waals surface area contributed by atoms with Crippen LogP contribution in [0.5, 0.6) is 0 Å². The molecule has 0 aromatic heterocycles. The van der Waals surface area contributed by atoms with Crippen LogP contribution < -0.4 is 5.32 Å². The minimum atomic E-state index is -0.772. The fourth-order valence-electron chi connectivity index (χ4n) is 1.98. The van der Waals surface area contributed by atoms with Crippen molar-refractivity contribution < 1.29 is 14.7 Å². The van der Waals surface area contributed by atoms with Crippen molar-refractivity contribution in [1.82, 2.24) is 15.1 Å². The van der Waals surface area contributed by atoms with Gasteiger partial charge in [-0.2, -0.15) is 0 Å². The summed E-state index contributed by atoms with van der Waals surface area (Å²) < 4.78 is 0. The number of rotatable bonds is 4. The Morgan fingerprint density at radius 1 is 1.30 bits per heavy atom. The highest BCUT2D eigenvalue weighted by Crippen LogP contribution is 2.30. The van der Waals surface area contributed by atoms with Crippen molar-refractivity contribution in [3.05, 3.63) is 0 Å². The summed E-state index contributed by atoms with van der Waals surface area (Å²) in [4.78, 5) is 27.0. The van der Waals surface area contributed by atoms with E-state index in [2.05, 4.69) is 24.1 Å². The quantitative estimate of drug-likeness (QED) is 0.814. The molecular formula is C14H27N3O3. The molecule has 116 valence electrons. The maximum Gasteiger partial charge on any atom is 0.317 e. The molecule has 0 spiro atoms. The van der Waals surface area contributed by atoms with Crippen LogP contribution in [0.15, 0.2) is 0 Å². The molecule has 1 fully saturated rings. The first-order valence-electron chi connectivity index (χ1n) is 7.02. The highest BCUT2D eigenvalue weighted by atomic mass is 16.4. The second kappa shape index (κ2) is 5.99. The third-order valence-electron chi connectivity index (χ3n) is 4.55. The van der Waals surface area contributed by atoms with Gasteiger partial charge in [0.15, 0.2) is 0 Å². The Bertz CT molecular complexity index is 372. The smallest absolute Gasteiger partial charge is 0.317 e. The molecule has 0 radical (unpaired) electrons. The van der Waals surface area contributed by atoms with Gasteiger partial charge in [0.25, 0.3) is 0 Å². The molecule has 20 heavy (non-hydrogen) atoms. The van der Waals surface area contributed by atoms with Crippen LogP contribution in [-0.2, 0) is 4.79 Å². The Balaban J connectivity index is 2.46. The molecule has 2 N–H and O–H groups in total. The van der Waals surface area contributed by atoms with E-state index in [1.54, 1.807) is 11.8 Å². The van der Waals surface area contributed by atoms with Crippen molar-refractivity contribution in [3.63, 3.8) is 0 Å². The number of likely N-dealkylation sites (N-methyl/N-ethyl adjacent to an activating group) is 1. The molecule has 1 saturated heterocycles. The van der Waals surface area contributed by atoms with Crippen molar-refractivity contribution in [2.75, 3.05) is 33.7 Å². The van der Waals surface area contributed by atoms with Crippen LogP contribution in [0.2, 0.25) is 0 Å². The van der Waals surface area contributed by atoms with Crippen molar-refractivity contribution in [2.45, 2.75) is 39.2 Å². The van der Waals surface area contributed by atoms with Crippen LogP contribution in [0.25, 0.3) is 0 Å². The van der Waals surface area contributed by atoms with Gasteiger partial charge in [-0.05, 0) is 47.7 Å². The molecule has 1 rings (SSSR count). The Hall–Kier alpha value is -1.30. The number of piperidine rings is 1. The van der Waals surface area contributed by atoms with Gasteiger partial charge in [0.05, 0.1) is 5.41 Å². The third kappa shape index (κ3) is 3.85. The number of aliphatic carboxylic acids is 1. The first-order valence-corrected chi connectivity index (χ1v) is 7.02. The van der Waals surface area contributed by atoms with E-state index in [1.165, 1.54) is 0 Å². The van der Waals surface area contributed by atoms with Gasteiger partial charge in [0, 0.05) is 25.2 Å². The van der Waals surface area contributed by atoms with Crippen LogP contribution >= 0.6 is 0 Å². The lowest BCUT2D eigenvalue weighted by Gasteiger charge is -2.38. The number of carboxylic acid groups (broad SMARTS) is 1. The van der Waals surface area contributed by atoms with Crippen LogP contribution in [0.4, 0.5) is 4.79 Å². The maximum absolute atomic E-state index is 12.1. The maximum atomic E-state index is 12.1. The van der Waals surface area contributed by atoms with E-state index in [1.807, 2.05) is 14.1 Å². The Labute approximate surface area is 121 Å². The fraction of sp³-hybridized carbons (Fsp3) is 0.857. The largest absolute Gasteiger partial charge is 0.481 e. The van der Waals surface area contributed by atoms with E-state index in [4.69, 9.17) is 5.11 Å². The number of carboxylic acids is 1. The normalized spacial score (nSPS) is 19.0. The molecular weight excluding hydrogens is 258 g/mol. The molecule has 0 atom stereocenters. The molecule has 0 aliphatic carbocycles. The van der Waals surface area contributed by atoms with Crippen LogP contribution in [0.1, 0.15) is 33.6 Å². The van der Waals surface area contributed by atoms with Gasteiger partial charge in [-0.25, -0.2) is 4.79 Å². The highest BCUT2D eigenvalue weighted by Gasteiger charge is 2.38. The predicted molar refractivity (Wildman–Crippen MR) is 77.7 cm³/mol. The Morgan fingerprint density at radius 2 is 1.80 bits per heavy atom. The summed E-state index contributed by atoms with van der Waals surface area (Å²) in [6.45, 7) is 7.43. The van der Waals surface area contributed by atoms with Crippen LogP contribution in [-0.4, -0.2) is 66.2 Å². The molecule has 0 saturated carbocycles. The van der Waals surface area contributed by atoms with Gasteiger partial charge in [-0.1, -0.05) is 0 Å². The monoisotopic (exact) mass is 285 g/mol. The topological polar surface area (TPSA) is 72.9 Å². The first-order chi connectivity index (χ1) is 9.08. The van der Waals surface area contributed by atoms with Gasteiger partial charge < -0.3 is 20.2 Å². The van der Waals surface area contributed by atoms with E-state index in [9.17, 15) is 9.59 Å². The number of nitrogens with zero attached hydrogens (tertiary/aromatic N) is 2. The zero-order valence-electron chi connectivity index (χ0n) is 13.2. The summed E-state index contributed by atoms with van der Waals surface area (Å²) in [6, 6.07) is -0.104. The van der Waals surface area contributed by atoms with E-state index in [0.29, 0.717) is 32.5 Å². The zero-order valence-corrected chi connectivity index (χ0v) is 13.2.